The molecule has 0 atom stereocenters. The SMILES string of the molecule is N#CCNC(=O)CNC(=O)Cc1nc2ccc(-c3cc(F)cc(F)c3)cc2s1. The molecule has 0 radical (unpaired) electrons. The lowest BCUT2D eigenvalue weighted by atomic mass is 10.1. The van der Waals surface area contributed by atoms with Gasteiger partial charge in [-0.25, -0.2) is 13.8 Å². The van der Waals surface area contributed by atoms with E-state index in [1.807, 2.05) is 0 Å². The van der Waals surface area contributed by atoms with Crippen molar-refractivity contribution < 1.29 is 18.4 Å². The van der Waals surface area contributed by atoms with Crippen molar-refractivity contribution in [2.24, 2.45) is 0 Å². The van der Waals surface area contributed by atoms with Crippen LogP contribution in [-0.2, 0) is 16.0 Å². The number of nitrogens with zero attached hydrogens (tertiary/aromatic N) is 2. The number of halogens is 2. The molecular formula is C19H14F2N4O2S. The van der Waals surface area contributed by atoms with E-state index in [1.54, 1.807) is 24.3 Å². The summed E-state index contributed by atoms with van der Waals surface area (Å²) in [5, 5.41) is 13.7. The summed E-state index contributed by atoms with van der Waals surface area (Å²) in [5.41, 5.74) is 1.72. The zero-order valence-corrected chi connectivity index (χ0v) is 15.3. The Labute approximate surface area is 162 Å². The Balaban J connectivity index is 1.70. The third-order valence-electron chi connectivity index (χ3n) is 3.75. The first-order valence-corrected chi connectivity index (χ1v) is 9.02. The van der Waals surface area contributed by atoms with Gasteiger partial charge in [0.1, 0.15) is 23.2 Å². The first-order valence-electron chi connectivity index (χ1n) is 8.21. The Bertz CT molecular complexity index is 1070. The molecular weight excluding hydrogens is 386 g/mol. The summed E-state index contributed by atoms with van der Waals surface area (Å²) in [7, 11) is 0. The van der Waals surface area contributed by atoms with Gasteiger partial charge >= 0.3 is 0 Å². The van der Waals surface area contributed by atoms with Crippen molar-refractivity contribution in [3.63, 3.8) is 0 Å². The second-order valence-electron chi connectivity index (χ2n) is 5.84. The maximum absolute atomic E-state index is 13.4. The molecule has 0 spiro atoms. The van der Waals surface area contributed by atoms with E-state index in [4.69, 9.17) is 5.26 Å². The molecule has 0 aliphatic heterocycles. The predicted octanol–water partition coefficient (Wildman–Crippen LogP) is 2.54. The van der Waals surface area contributed by atoms with Crippen LogP contribution in [0.1, 0.15) is 5.01 Å². The van der Waals surface area contributed by atoms with Crippen LogP contribution in [-0.4, -0.2) is 29.9 Å². The number of carbonyl (C=O) groups excluding carboxylic acids is 2. The van der Waals surface area contributed by atoms with Crippen molar-refractivity contribution in [2.45, 2.75) is 6.42 Å². The first-order chi connectivity index (χ1) is 13.4. The maximum Gasteiger partial charge on any atom is 0.240 e. The predicted molar refractivity (Wildman–Crippen MR) is 100 cm³/mol. The molecule has 1 heterocycles. The molecule has 2 N–H and O–H groups in total. The summed E-state index contributed by atoms with van der Waals surface area (Å²) in [6.07, 6.45) is -0.00516. The summed E-state index contributed by atoms with van der Waals surface area (Å²) in [5.74, 6) is -2.14. The molecule has 0 aliphatic carbocycles. The van der Waals surface area contributed by atoms with Crippen LogP contribution in [0.4, 0.5) is 8.78 Å². The number of aromatic nitrogens is 1. The van der Waals surface area contributed by atoms with Crippen molar-refractivity contribution in [1.82, 2.24) is 15.6 Å². The molecule has 0 saturated heterocycles. The molecule has 3 aromatic rings. The fourth-order valence-corrected chi connectivity index (χ4v) is 3.53. The van der Waals surface area contributed by atoms with Crippen LogP contribution >= 0.6 is 11.3 Å². The minimum atomic E-state index is -0.657. The van der Waals surface area contributed by atoms with Crippen LogP contribution in [0.5, 0.6) is 0 Å². The van der Waals surface area contributed by atoms with Crippen molar-refractivity contribution >= 4 is 33.4 Å². The van der Waals surface area contributed by atoms with Crippen LogP contribution in [0.15, 0.2) is 36.4 Å². The minimum Gasteiger partial charge on any atom is -0.347 e. The molecule has 0 fully saturated rings. The van der Waals surface area contributed by atoms with Gasteiger partial charge in [-0.05, 0) is 35.4 Å². The number of rotatable bonds is 6. The third kappa shape index (κ3) is 4.86. The van der Waals surface area contributed by atoms with Gasteiger partial charge in [0.15, 0.2) is 0 Å². The van der Waals surface area contributed by atoms with Crippen LogP contribution in [0.2, 0.25) is 0 Å². The van der Waals surface area contributed by atoms with Gasteiger partial charge in [-0.2, -0.15) is 5.26 Å². The van der Waals surface area contributed by atoms with E-state index in [2.05, 4.69) is 15.6 Å². The molecule has 2 aromatic carbocycles. The van der Waals surface area contributed by atoms with Gasteiger partial charge in [-0.1, -0.05) is 6.07 Å². The molecule has 6 nitrogen and oxygen atoms in total. The average molecular weight is 400 g/mol. The second kappa shape index (κ2) is 8.54. The number of fused-ring (bicyclic) bond motifs is 1. The highest BCUT2D eigenvalue weighted by molar-refractivity contribution is 7.18. The van der Waals surface area contributed by atoms with Crippen molar-refractivity contribution in [2.75, 3.05) is 13.1 Å². The van der Waals surface area contributed by atoms with Gasteiger partial charge in [0.05, 0.1) is 29.3 Å². The molecule has 0 aliphatic rings. The van der Waals surface area contributed by atoms with E-state index in [1.165, 1.54) is 23.5 Å². The van der Waals surface area contributed by atoms with Gasteiger partial charge in [-0.15, -0.1) is 11.3 Å². The Hall–Kier alpha value is -3.38. The second-order valence-corrected chi connectivity index (χ2v) is 6.95. The number of benzene rings is 2. The highest BCUT2D eigenvalue weighted by atomic mass is 32.1. The highest BCUT2D eigenvalue weighted by Crippen LogP contribution is 2.29. The lowest BCUT2D eigenvalue weighted by molar-refractivity contribution is -0.125. The van der Waals surface area contributed by atoms with Crippen LogP contribution in [0, 0.1) is 23.0 Å². The lowest BCUT2D eigenvalue weighted by Crippen LogP contribution is -2.37. The van der Waals surface area contributed by atoms with Crippen molar-refractivity contribution in [3.8, 4) is 17.2 Å². The number of nitrogens with one attached hydrogen (secondary N) is 2. The van der Waals surface area contributed by atoms with Crippen LogP contribution < -0.4 is 10.6 Å². The number of hydrogen-bond donors (Lipinski definition) is 2. The van der Waals surface area contributed by atoms with Crippen molar-refractivity contribution in [1.29, 1.82) is 5.26 Å². The molecule has 0 saturated carbocycles. The minimum absolute atomic E-state index is 0.00516. The third-order valence-corrected chi connectivity index (χ3v) is 4.77. The van der Waals surface area contributed by atoms with E-state index >= 15 is 0 Å². The molecule has 142 valence electrons. The summed E-state index contributed by atoms with van der Waals surface area (Å²) >= 11 is 1.29. The Morgan fingerprint density at radius 3 is 2.50 bits per heavy atom. The summed E-state index contributed by atoms with van der Waals surface area (Å²) in [4.78, 5) is 27.7. The largest absolute Gasteiger partial charge is 0.347 e. The van der Waals surface area contributed by atoms with E-state index in [0.29, 0.717) is 21.7 Å². The zero-order chi connectivity index (χ0) is 20.1. The molecule has 0 unspecified atom stereocenters. The molecule has 9 heteroatoms. The van der Waals surface area contributed by atoms with Crippen molar-refractivity contribution in [3.05, 3.63) is 53.0 Å². The van der Waals surface area contributed by atoms with Crippen LogP contribution in [0.3, 0.4) is 0 Å². The van der Waals surface area contributed by atoms with Gasteiger partial charge < -0.3 is 10.6 Å². The Morgan fingerprint density at radius 1 is 1.04 bits per heavy atom. The lowest BCUT2D eigenvalue weighted by Gasteiger charge is -2.03. The van der Waals surface area contributed by atoms with Crippen LogP contribution in [0.25, 0.3) is 21.3 Å². The van der Waals surface area contributed by atoms with Gasteiger partial charge in [0.2, 0.25) is 11.8 Å². The first kappa shape index (κ1) is 19.4. The fourth-order valence-electron chi connectivity index (χ4n) is 2.53. The summed E-state index contributed by atoms with van der Waals surface area (Å²) in [6.45, 7) is -0.342. The molecule has 2 amide bonds. The molecule has 0 bridgehead atoms. The zero-order valence-electron chi connectivity index (χ0n) is 14.5. The van der Waals surface area contributed by atoms with E-state index in [9.17, 15) is 18.4 Å². The number of amides is 2. The quantitative estimate of drug-likeness (QED) is 0.622. The molecule has 3 rings (SSSR count). The Morgan fingerprint density at radius 2 is 1.79 bits per heavy atom. The number of carbonyl (C=O) groups is 2. The van der Waals surface area contributed by atoms with E-state index in [0.717, 1.165) is 10.8 Å². The topological polar surface area (TPSA) is 94.9 Å². The van der Waals surface area contributed by atoms with Gasteiger partial charge in [0.25, 0.3) is 0 Å². The highest BCUT2D eigenvalue weighted by Gasteiger charge is 2.12. The van der Waals surface area contributed by atoms with Gasteiger partial charge in [-0.3, -0.25) is 9.59 Å². The maximum atomic E-state index is 13.4. The Kier molecular flexibility index (Phi) is 5.91. The summed E-state index contributed by atoms with van der Waals surface area (Å²) in [6, 6.07) is 10.3. The van der Waals surface area contributed by atoms with E-state index in [-0.39, 0.29) is 25.4 Å². The fraction of sp³-hybridized carbons (Fsp3) is 0.158. The van der Waals surface area contributed by atoms with Gasteiger partial charge in [0, 0.05) is 6.07 Å². The average Bonchev–Trinajstić information content (AvgIpc) is 3.05. The number of nitriles is 1. The van der Waals surface area contributed by atoms with E-state index < -0.39 is 17.5 Å². The molecule has 28 heavy (non-hydrogen) atoms. The standard InChI is InChI=1S/C19H14F2N4O2S/c20-13-5-12(6-14(21)8-13)11-1-2-15-16(7-11)28-19(25-15)9-17(26)24-10-18(27)23-4-3-22/h1-2,5-8H,4,9-10H2,(H,23,27)(H,24,26). The summed E-state index contributed by atoms with van der Waals surface area (Å²) < 4.78 is 27.6. The number of hydrogen-bond acceptors (Lipinski definition) is 5. The number of thiazole rings is 1. The normalized spacial score (nSPS) is 10.5. The smallest absolute Gasteiger partial charge is 0.240 e. The molecule has 1 aromatic heterocycles. The monoisotopic (exact) mass is 400 g/mol.